The molecule has 0 heterocycles. The number of nitriles is 1. The van der Waals surface area contributed by atoms with E-state index < -0.39 is 5.82 Å². The number of nitrogens with zero attached hydrogens (tertiary/aromatic N) is 2. The predicted octanol–water partition coefficient (Wildman–Crippen LogP) is 2.04. The van der Waals surface area contributed by atoms with Crippen molar-refractivity contribution >= 4 is 5.91 Å². The summed E-state index contributed by atoms with van der Waals surface area (Å²) in [4.78, 5) is 13.4. The normalized spacial score (nSPS) is 10.4. The van der Waals surface area contributed by atoms with Crippen LogP contribution in [-0.2, 0) is 11.3 Å². The predicted molar refractivity (Wildman–Crippen MR) is 75.3 cm³/mol. The van der Waals surface area contributed by atoms with Crippen LogP contribution in [0.5, 0.6) is 0 Å². The van der Waals surface area contributed by atoms with Gasteiger partial charge in [0.25, 0.3) is 0 Å². The van der Waals surface area contributed by atoms with E-state index in [1.165, 1.54) is 23.1 Å². The molecule has 1 rings (SSSR count). The minimum atomic E-state index is -0.399. The second-order valence-electron chi connectivity index (χ2n) is 5.03. The van der Waals surface area contributed by atoms with Crippen molar-refractivity contribution in [2.75, 3.05) is 13.6 Å². The van der Waals surface area contributed by atoms with Gasteiger partial charge in [0.1, 0.15) is 5.82 Å². The summed E-state index contributed by atoms with van der Waals surface area (Å²) in [5, 5.41) is 12.0. The highest BCUT2D eigenvalue weighted by Crippen LogP contribution is 2.12. The molecule has 0 radical (unpaired) electrons. The molecule has 4 nitrogen and oxygen atoms in total. The molecule has 0 spiro atoms. The molecular formula is C15H20FN3O. The Kier molecular flexibility index (Phi) is 6.13. The summed E-state index contributed by atoms with van der Waals surface area (Å²) in [6.07, 6.45) is 0.369. The van der Waals surface area contributed by atoms with Crippen molar-refractivity contribution in [3.05, 3.63) is 35.1 Å². The molecule has 1 N–H and O–H groups in total. The van der Waals surface area contributed by atoms with Crippen LogP contribution >= 0.6 is 0 Å². The van der Waals surface area contributed by atoms with Crippen molar-refractivity contribution in [2.45, 2.75) is 32.9 Å². The van der Waals surface area contributed by atoms with Gasteiger partial charge in [-0.25, -0.2) is 4.39 Å². The van der Waals surface area contributed by atoms with Gasteiger partial charge < -0.3 is 10.2 Å². The lowest BCUT2D eigenvalue weighted by molar-refractivity contribution is -0.130. The number of nitrogens with one attached hydrogen (secondary N) is 1. The van der Waals surface area contributed by atoms with E-state index in [4.69, 9.17) is 5.26 Å². The van der Waals surface area contributed by atoms with Crippen molar-refractivity contribution in [3.8, 4) is 6.07 Å². The summed E-state index contributed by atoms with van der Waals surface area (Å²) in [6, 6.07) is 6.45. The van der Waals surface area contributed by atoms with Crippen LogP contribution in [0.4, 0.5) is 4.39 Å². The third-order valence-corrected chi connectivity index (χ3v) is 2.90. The SMILES string of the molecule is CC(C)NCCC(=O)N(C)Cc1cc(C#N)ccc1F. The molecule has 0 saturated carbocycles. The van der Waals surface area contributed by atoms with Crippen molar-refractivity contribution in [3.63, 3.8) is 0 Å². The molecule has 0 aromatic heterocycles. The number of halogens is 1. The Hall–Kier alpha value is -1.93. The van der Waals surface area contributed by atoms with Crippen LogP contribution in [0, 0.1) is 17.1 Å². The molecule has 1 aromatic carbocycles. The lowest BCUT2D eigenvalue weighted by Crippen LogP contribution is -2.32. The van der Waals surface area contributed by atoms with Gasteiger partial charge in [-0.15, -0.1) is 0 Å². The van der Waals surface area contributed by atoms with Crippen molar-refractivity contribution in [1.82, 2.24) is 10.2 Å². The molecule has 1 aromatic rings. The quantitative estimate of drug-likeness (QED) is 0.865. The first-order valence-electron chi connectivity index (χ1n) is 6.60. The third kappa shape index (κ3) is 4.98. The molecule has 108 valence electrons. The Balaban J connectivity index is 2.59. The fourth-order valence-electron chi connectivity index (χ4n) is 1.77. The maximum Gasteiger partial charge on any atom is 0.223 e. The van der Waals surface area contributed by atoms with Crippen LogP contribution in [0.1, 0.15) is 31.4 Å². The Bertz CT molecular complexity index is 508. The van der Waals surface area contributed by atoms with Crippen molar-refractivity contribution in [1.29, 1.82) is 5.26 Å². The molecule has 5 heteroatoms. The minimum absolute atomic E-state index is 0.0556. The second-order valence-corrected chi connectivity index (χ2v) is 5.03. The lowest BCUT2D eigenvalue weighted by Gasteiger charge is -2.18. The van der Waals surface area contributed by atoms with Gasteiger partial charge in [-0.05, 0) is 18.2 Å². The summed E-state index contributed by atoms with van der Waals surface area (Å²) < 4.78 is 13.6. The summed E-state index contributed by atoms with van der Waals surface area (Å²) >= 11 is 0. The number of amides is 1. The highest BCUT2D eigenvalue weighted by Gasteiger charge is 2.12. The zero-order valence-electron chi connectivity index (χ0n) is 12.1. The molecular weight excluding hydrogens is 257 g/mol. The molecule has 0 aliphatic rings. The number of hydrogen-bond donors (Lipinski definition) is 1. The number of rotatable bonds is 6. The van der Waals surface area contributed by atoms with Crippen LogP contribution in [0.25, 0.3) is 0 Å². The summed E-state index contributed by atoms with van der Waals surface area (Å²) in [5.74, 6) is -0.455. The lowest BCUT2D eigenvalue weighted by atomic mass is 10.1. The van der Waals surface area contributed by atoms with Crippen LogP contribution in [0.15, 0.2) is 18.2 Å². The zero-order valence-corrected chi connectivity index (χ0v) is 12.1. The summed E-state index contributed by atoms with van der Waals surface area (Å²) in [6.45, 7) is 4.79. The summed E-state index contributed by atoms with van der Waals surface area (Å²) in [5.41, 5.74) is 0.750. The van der Waals surface area contributed by atoms with E-state index in [1.807, 2.05) is 19.9 Å². The Labute approximate surface area is 119 Å². The van der Waals surface area contributed by atoms with E-state index >= 15 is 0 Å². The van der Waals surface area contributed by atoms with Gasteiger partial charge in [0.05, 0.1) is 11.6 Å². The van der Waals surface area contributed by atoms with Gasteiger partial charge in [-0.1, -0.05) is 13.8 Å². The summed E-state index contributed by atoms with van der Waals surface area (Å²) in [7, 11) is 1.64. The molecule has 0 fully saturated rings. The molecule has 1 amide bonds. The monoisotopic (exact) mass is 277 g/mol. The fraction of sp³-hybridized carbons (Fsp3) is 0.467. The van der Waals surface area contributed by atoms with E-state index in [0.717, 1.165) is 0 Å². The van der Waals surface area contributed by atoms with E-state index in [2.05, 4.69) is 5.32 Å². The smallest absolute Gasteiger partial charge is 0.223 e. The largest absolute Gasteiger partial charge is 0.341 e. The van der Waals surface area contributed by atoms with Crippen LogP contribution in [-0.4, -0.2) is 30.4 Å². The molecule has 0 aliphatic carbocycles. The average molecular weight is 277 g/mol. The van der Waals surface area contributed by atoms with Crippen LogP contribution in [0.2, 0.25) is 0 Å². The highest BCUT2D eigenvalue weighted by molar-refractivity contribution is 5.76. The fourth-order valence-corrected chi connectivity index (χ4v) is 1.77. The first-order valence-corrected chi connectivity index (χ1v) is 6.60. The molecule has 0 unspecified atom stereocenters. The van der Waals surface area contributed by atoms with Gasteiger partial charge in [0.2, 0.25) is 5.91 Å². The maximum atomic E-state index is 13.6. The van der Waals surface area contributed by atoms with Crippen LogP contribution in [0.3, 0.4) is 0 Å². The number of carbonyl (C=O) groups excluding carboxylic acids is 1. The maximum absolute atomic E-state index is 13.6. The Morgan fingerprint density at radius 3 is 2.80 bits per heavy atom. The van der Waals surface area contributed by atoms with Crippen LogP contribution < -0.4 is 5.32 Å². The third-order valence-electron chi connectivity index (χ3n) is 2.90. The molecule has 20 heavy (non-hydrogen) atoms. The first-order chi connectivity index (χ1) is 9.43. The van der Waals surface area contributed by atoms with Gasteiger partial charge in [-0.3, -0.25) is 4.79 Å². The van der Waals surface area contributed by atoms with E-state index in [0.29, 0.717) is 30.1 Å². The number of carbonyl (C=O) groups is 1. The number of benzene rings is 1. The van der Waals surface area contributed by atoms with E-state index in [1.54, 1.807) is 7.05 Å². The van der Waals surface area contributed by atoms with Gasteiger partial charge in [-0.2, -0.15) is 5.26 Å². The van der Waals surface area contributed by atoms with Crippen molar-refractivity contribution in [2.24, 2.45) is 0 Å². The van der Waals surface area contributed by atoms with Gasteiger partial charge in [0, 0.05) is 38.2 Å². The number of hydrogen-bond acceptors (Lipinski definition) is 3. The minimum Gasteiger partial charge on any atom is -0.341 e. The highest BCUT2D eigenvalue weighted by atomic mass is 19.1. The first kappa shape index (κ1) is 16.1. The average Bonchev–Trinajstić information content (AvgIpc) is 2.40. The van der Waals surface area contributed by atoms with Gasteiger partial charge >= 0.3 is 0 Å². The van der Waals surface area contributed by atoms with E-state index in [9.17, 15) is 9.18 Å². The standard InChI is InChI=1S/C15H20FN3O/c1-11(2)18-7-6-15(20)19(3)10-13-8-12(9-17)4-5-14(13)16/h4-5,8,11,18H,6-7,10H2,1-3H3. The molecule has 0 bridgehead atoms. The van der Waals surface area contributed by atoms with Crippen molar-refractivity contribution < 1.29 is 9.18 Å². The Morgan fingerprint density at radius 1 is 1.50 bits per heavy atom. The molecule has 0 saturated heterocycles. The molecule has 0 atom stereocenters. The second kappa shape index (κ2) is 7.61. The van der Waals surface area contributed by atoms with Gasteiger partial charge in [0.15, 0.2) is 0 Å². The topological polar surface area (TPSA) is 56.1 Å². The zero-order chi connectivity index (χ0) is 15.1. The van der Waals surface area contributed by atoms with E-state index in [-0.39, 0.29) is 12.5 Å². The molecule has 0 aliphatic heterocycles. The Morgan fingerprint density at radius 2 is 2.20 bits per heavy atom.